The summed E-state index contributed by atoms with van der Waals surface area (Å²) in [6, 6.07) is 7.13. The Morgan fingerprint density at radius 3 is 2.76 bits per heavy atom. The van der Waals surface area contributed by atoms with Crippen molar-refractivity contribution in [2.75, 3.05) is 46.0 Å². The number of aromatic nitrogens is 1. The second kappa shape index (κ2) is 8.86. The molecule has 1 N–H and O–H groups in total. The van der Waals surface area contributed by atoms with Crippen LogP contribution in [-0.4, -0.2) is 77.9 Å². The van der Waals surface area contributed by atoms with Gasteiger partial charge in [-0.15, -0.1) is 0 Å². The van der Waals surface area contributed by atoms with Crippen molar-refractivity contribution >= 4 is 5.91 Å². The van der Waals surface area contributed by atoms with Crippen molar-refractivity contribution in [1.29, 1.82) is 0 Å². The zero-order valence-corrected chi connectivity index (χ0v) is 16.0. The van der Waals surface area contributed by atoms with Crippen LogP contribution in [0.2, 0.25) is 0 Å². The van der Waals surface area contributed by atoms with Gasteiger partial charge in [-0.2, -0.15) is 0 Å². The molecule has 2 aliphatic heterocycles. The highest BCUT2D eigenvalue weighted by molar-refractivity contribution is 5.94. The predicted molar refractivity (Wildman–Crippen MR) is 103 cm³/mol. The topological polar surface area (TPSA) is 75.1 Å². The first kappa shape index (κ1) is 19.8. The molecule has 0 spiro atoms. The van der Waals surface area contributed by atoms with Crippen LogP contribution < -0.4 is 0 Å². The highest BCUT2D eigenvalue weighted by Crippen LogP contribution is 2.32. The molecule has 2 saturated heterocycles. The van der Waals surface area contributed by atoms with Gasteiger partial charge < -0.3 is 19.5 Å². The van der Waals surface area contributed by atoms with E-state index in [1.807, 2.05) is 12.1 Å². The minimum atomic E-state index is -0.813. The van der Waals surface area contributed by atoms with E-state index < -0.39 is 11.6 Å². The van der Waals surface area contributed by atoms with E-state index in [1.165, 1.54) is 12.1 Å². The van der Waals surface area contributed by atoms with Crippen LogP contribution in [0.15, 0.2) is 42.7 Å². The van der Waals surface area contributed by atoms with Gasteiger partial charge in [-0.1, -0.05) is 6.07 Å². The van der Waals surface area contributed by atoms with E-state index >= 15 is 0 Å². The molecule has 3 heterocycles. The summed E-state index contributed by atoms with van der Waals surface area (Å²) < 4.78 is 25.4. The van der Waals surface area contributed by atoms with E-state index in [9.17, 15) is 14.3 Å². The number of benzene rings is 1. The molecule has 2 atom stereocenters. The quantitative estimate of drug-likeness (QED) is 0.843. The third-order valence-corrected chi connectivity index (χ3v) is 5.38. The number of morpholine rings is 2. The number of phenols is 1. The third kappa shape index (κ3) is 4.39. The lowest BCUT2D eigenvalue weighted by Crippen LogP contribution is -2.53. The molecule has 7 nitrogen and oxygen atoms in total. The van der Waals surface area contributed by atoms with Crippen LogP contribution in [0, 0.1) is 5.82 Å². The number of halogens is 1. The van der Waals surface area contributed by atoms with Gasteiger partial charge in [0.25, 0.3) is 5.91 Å². The number of amides is 1. The monoisotopic (exact) mass is 401 g/mol. The molecule has 0 unspecified atom stereocenters. The molecule has 1 aromatic heterocycles. The van der Waals surface area contributed by atoms with Crippen molar-refractivity contribution in [3.05, 3.63) is 59.7 Å². The maximum absolute atomic E-state index is 13.8. The average Bonchev–Trinajstić information content (AvgIpc) is 2.76. The molecule has 29 heavy (non-hydrogen) atoms. The highest BCUT2D eigenvalue weighted by Gasteiger charge is 2.38. The van der Waals surface area contributed by atoms with Crippen LogP contribution >= 0.6 is 0 Å². The van der Waals surface area contributed by atoms with Crippen molar-refractivity contribution < 1.29 is 23.8 Å². The van der Waals surface area contributed by atoms with Crippen LogP contribution in [0.3, 0.4) is 0 Å². The van der Waals surface area contributed by atoms with E-state index in [1.54, 1.807) is 17.3 Å². The van der Waals surface area contributed by atoms with Crippen molar-refractivity contribution in [2.24, 2.45) is 0 Å². The summed E-state index contributed by atoms with van der Waals surface area (Å²) in [6.45, 7) is 4.45. The molecular formula is C21H24FN3O4. The molecule has 2 fully saturated rings. The predicted octanol–water partition coefficient (Wildman–Crippen LogP) is 1.84. The second-order valence-corrected chi connectivity index (χ2v) is 7.22. The first-order chi connectivity index (χ1) is 14.1. The van der Waals surface area contributed by atoms with Gasteiger partial charge in [-0.05, 0) is 29.8 Å². The number of ether oxygens (including phenoxy) is 2. The summed E-state index contributed by atoms with van der Waals surface area (Å²) in [5, 5.41) is 9.45. The Morgan fingerprint density at radius 1 is 1.21 bits per heavy atom. The standard InChI is InChI=1S/C21H24FN3O4/c22-17-12-15(3-4-18(17)26)21(27)25-8-11-29-19(14-24-6-9-28-10-7-24)20(25)16-2-1-5-23-13-16/h1-5,12-13,19-20,26H,6-11,14H2/t19-,20-/m0/s1. The van der Waals surface area contributed by atoms with Crippen LogP contribution in [0.4, 0.5) is 4.39 Å². The molecule has 154 valence electrons. The molecule has 0 bridgehead atoms. The molecular weight excluding hydrogens is 377 g/mol. The van der Waals surface area contributed by atoms with Crippen molar-refractivity contribution in [3.63, 3.8) is 0 Å². The van der Waals surface area contributed by atoms with Gasteiger partial charge in [0.05, 0.1) is 32.0 Å². The SMILES string of the molecule is O=C(c1ccc(O)c(F)c1)N1CCO[C@@H](CN2CCOCC2)[C@@H]1c1cccnc1. The Hall–Kier alpha value is -2.55. The Labute approximate surface area is 168 Å². The lowest BCUT2D eigenvalue weighted by molar-refractivity contribution is -0.0819. The Morgan fingerprint density at radius 2 is 2.03 bits per heavy atom. The molecule has 4 rings (SSSR count). The van der Waals surface area contributed by atoms with Gasteiger partial charge in [0.15, 0.2) is 11.6 Å². The van der Waals surface area contributed by atoms with Gasteiger partial charge in [0.1, 0.15) is 0 Å². The summed E-state index contributed by atoms with van der Waals surface area (Å²) >= 11 is 0. The average molecular weight is 401 g/mol. The molecule has 2 aromatic rings. The number of aromatic hydroxyl groups is 1. The summed E-state index contributed by atoms with van der Waals surface area (Å²) in [4.78, 5) is 21.5. The number of nitrogens with zero attached hydrogens (tertiary/aromatic N) is 3. The molecule has 0 radical (unpaired) electrons. The van der Waals surface area contributed by atoms with Gasteiger partial charge >= 0.3 is 0 Å². The Balaban J connectivity index is 1.63. The third-order valence-electron chi connectivity index (χ3n) is 5.38. The fourth-order valence-electron chi connectivity index (χ4n) is 3.90. The van der Waals surface area contributed by atoms with Crippen LogP contribution in [0.1, 0.15) is 22.0 Å². The van der Waals surface area contributed by atoms with Gasteiger partial charge in [-0.25, -0.2) is 4.39 Å². The van der Waals surface area contributed by atoms with E-state index in [2.05, 4.69) is 9.88 Å². The zero-order chi connectivity index (χ0) is 20.2. The summed E-state index contributed by atoms with van der Waals surface area (Å²) in [6.07, 6.45) is 3.19. The highest BCUT2D eigenvalue weighted by atomic mass is 19.1. The van der Waals surface area contributed by atoms with E-state index in [0.29, 0.717) is 32.9 Å². The smallest absolute Gasteiger partial charge is 0.254 e. The first-order valence-corrected chi connectivity index (χ1v) is 9.74. The maximum atomic E-state index is 13.8. The Bertz CT molecular complexity index is 845. The van der Waals surface area contributed by atoms with Crippen LogP contribution in [-0.2, 0) is 9.47 Å². The molecule has 0 aliphatic carbocycles. The summed E-state index contributed by atoms with van der Waals surface area (Å²) in [5.74, 6) is -1.59. The zero-order valence-electron chi connectivity index (χ0n) is 16.0. The number of hydrogen-bond donors (Lipinski definition) is 1. The first-order valence-electron chi connectivity index (χ1n) is 9.74. The van der Waals surface area contributed by atoms with Crippen molar-refractivity contribution in [1.82, 2.24) is 14.8 Å². The van der Waals surface area contributed by atoms with Crippen molar-refractivity contribution in [2.45, 2.75) is 12.1 Å². The number of rotatable bonds is 4. The maximum Gasteiger partial charge on any atom is 0.254 e. The minimum absolute atomic E-state index is 0.196. The molecule has 0 saturated carbocycles. The van der Waals surface area contributed by atoms with E-state index in [4.69, 9.17) is 9.47 Å². The largest absolute Gasteiger partial charge is 0.505 e. The fraction of sp³-hybridized carbons (Fsp3) is 0.429. The van der Waals surface area contributed by atoms with Crippen LogP contribution in [0.5, 0.6) is 5.75 Å². The summed E-state index contributed by atoms with van der Waals surface area (Å²) in [5.41, 5.74) is 1.07. The number of carbonyl (C=O) groups is 1. The lowest BCUT2D eigenvalue weighted by Gasteiger charge is -2.43. The minimum Gasteiger partial charge on any atom is -0.505 e. The number of hydrogen-bond acceptors (Lipinski definition) is 6. The number of carbonyl (C=O) groups excluding carboxylic acids is 1. The molecule has 1 amide bonds. The molecule has 2 aliphatic rings. The second-order valence-electron chi connectivity index (χ2n) is 7.22. The number of phenolic OH excluding ortho intramolecular Hbond substituents is 1. The fourth-order valence-corrected chi connectivity index (χ4v) is 3.90. The number of pyridine rings is 1. The molecule has 1 aromatic carbocycles. The normalized spacial score (nSPS) is 23.1. The molecule has 8 heteroatoms. The van der Waals surface area contributed by atoms with E-state index in [0.717, 1.165) is 24.7 Å². The lowest BCUT2D eigenvalue weighted by atomic mass is 9.97. The van der Waals surface area contributed by atoms with Gasteiger partial charge in [0.2, 0.25) is 0 Å². The summed E-state index contributed by atoms with van der Waals surface area (Å²) in [7, 11) is 0. The van der Waals surface area contributed by atoms with Gasteiger partial charge in [-0.3, -0.25) is 14.7 Å². The van der Waals surface area contributed by atoms with Crippen molar-refractivity contribution in [3.8, 4) is 5.75 Å². The van der Waals surface area contributed by atoms with E-state index in [-0.39, 0.29) is 23.6 Å². The van der Waals surface area contributed by atoms with Gasteiger partial charge in [0, 0.05) is 44.1 Å². The Kier molecular flexibility index (Phi) is 6.03. The van der Waals surface area contributed by atoms with Crippen LogP contribution in [0.25, 0.3) is 0 Å².